The van der Waals surface area contributed by atoms with Gasteiger partial charge in [0.05, 0.1) is 0 Å². The van der Waals surface area contributed by atoms with E-state index in [0.29, 0.717) is 0 Å². The van der Waals surface area contributed by atoms with Crippen molar-refractivity contribution in [1.29, 1.82) is 0 Å². The van der Waals surface area contributed by atoms with Crippen molar-refractivity contribution in [2.45, 2.75) is 0 Å². The summed E-state index contributed by atoms with van der Waals surface area (Å²) < 4.78 is 0. The first kappa shape index (κ1) is 7.12. The molecule has 0 aliphatic heterocycles. The summed E-state index contributed by atoms with van der Waals surface area (Å²) >= 11 is 0. The van der Waals surface area contributed by atoms with Crippen molar-refractivity contribution >= 4 is 0 Å². The molecule has 0 aliphatic carbocycles. The van der Waals surface area contributed by atoms with Crippen LogP contribution in [0.15, 0.2) is 0 Å². The molecule has 0 aliphatic rings. The van der Waals surface area contributed by atoms with Crippen LogP contribution in [0.5, 0.6) is 0 Å². The van der Waals surface area contributed by atoms with Crippen molar-refractivity contribution in [3.63, 3.8) is 0 Å². The molecule has 0 atom stereocenters. The number of nitro groups is 1. The molecule has 0 rings (SSSR count). The molecular weight excluding hydrogens is 116 g/mol. The van der Waals surface area contributed by atoms with Crippen LogP contribution in [-0.4, -0.2) is 33.7 Å². The van der Waals surface area contributed by atoms with Crippen LogP contribution in [0.3, 0.4) is 0 Å². The number of nitrogens with zero attached hydrogens (tertiary/aromatic N) is 2. The Morgan fingerprint density at radius 1 is 1.50 bits per heavy atom. The average Bonchev–Trinajstić information content (AvgIpc) is 1.69. The second-order valence-corrected chi connectivity index (χ2v) is 1.03. The number of hydrazine groups is 1. The van der Waals surface area contributed by atoms with Crippen molar-refractivity contribution in [2.24, 2.45) is 0 Å². The summed E-state index contributed by atoms with van der Waals surface area (Å²) in [6.45, 7) is -1.55. The third-order valence-corrected chi connectivity index (χ3v) is 0.557. The van der Waals surface area contributed by atoms with Gasteiger partial charge in [-0.3, -0.25) is 0 Å². The van der Waals surface area contributed by atoms with E-state index in [1.807, 2.05) is 0 Å². The molecule has 0 fully saturated rings. The van der Waals surface area contributed by atoms with Crippen molar-refractivity contribution in [1.82, 2.24) is 5.01 Å². The highest BCUT2D eigenvalue weighted by Crippen LogP contribution is 1.79. The van der Waals surface area contributed by atoms with E-state index in [0.717, 1.165) is 0 Å². The van der Waals surface area contributed by atoms with Gasteiger partial charge in [-0.1, -0.05) is 5.01 Å². The summed E-state index contributed by atoms with van der Waals surface area (Å²) in [6, 6.07) is 0. The molecule has 0 aromatic heterocycles. The zero-order valence-corrected chi connectivity index (χ0v) is 4.02. The monoisotopic (exact) mass is 122 g/mol. The lowest BCUT2D eigenvalue weighted by Gasteiger charge is -2.04. The van der Waals surface area contributed by atoms with Crippen LogP contribution >= 0.6 is 0 Å². The van der Waals surface area contributed by atoms with E-state index in [2.05, 4.69) is 0 Å². The van der Waals surface area contributed by atoms with Crippen molar-refractivity contribution in [3.8, 4) is 0 Å². The molecule has 0 aromatic rings. The Balaban J connectivity index is 3.52. The molecule has 6 heteroatoms. The van der Waals surface area contributed by atoms with E-state index in [1.165, 1.54) is 0 Å². The van der Waals surface area contributed by atoms with Crippen LogP contribution in [0.1, 0.15) is 0 Å². The standard InChI is InChI=1S/C2H6N2O4/c5-1-3(2-6)4(7)8/h5-6H,1-2H2. The Hall–Kier alpha value is -0.880. The topological polar surface area (TPSA) is 86.8 Å². The van der Waals surface area contributed by atoms with Crippen molar-refractivity contribution in [2.75, 3.05) is 13.5 Å². The van der Waals surface area contributed by atoms with Gasteiger partial charge in [0.2, 0.25) is 0 Å². The summed E-state index contributed by atoms with van der Waals surface area (Å²) in [5.41, 5.74) is 0. The molecule has 0 amide bonds. The molecule has 0 saturated heterocycles. The summed E-state index contributed by atoms with van der Waals surface area (Å²) in [6.07, 6.45) is 0. The predicted octanol–water partition coefficient (Wildman–Crippen LogP) is -1.62. The van der Waals surface area contributed by atoms with E-state index >= 15 is 0 Å². The molecular formula is C2H6N2O4. The lowest BCUT2D eigenvalue weighted by Crippen LogP contribution is -2.31. The number of hydrogen-bond donors (Lipinski definition) is 2. The Labute approximate surface area is 45.1 Å². The van der Waals surface area contributed by atoms with Gasteiger partial charge in [0, 0.05) is 0 Å². The van der Waals surface area contributed by atoms with Crippen LogP contribution in [-0.2, 0) is 0 Å². The zero-order chi connectivity index (χ0) is 6.57. The van der Waals surface area contributed by atoms with Crippen molar-refractivity contribution < 1.29 is 15.2 Å². The lowest BCUT2D eigenvalue weighted by atomic mass is 11.0. The largest absolute Gasteiger partial charge is 0.371 e. The van der Waals surface area contributed by atoms with E-state index in [4.69, 9.17) is 10.2 Å². The Kier molecular flexibility index (Phi) is 2.82. The van der Waals surface area contributed by atoms with Crippen LogP contribution < -0.4 is 0 Å². The van der Waals surface area contributed by atoms with Crippen LogP contribution in [0.25, 0.3) is 0 Å². The second kappa shape index (κ2) is 3.16. The Morgan fingerprint density at radius 2 is 1.88 bits per heavy atom. The molecule has 48 valence electrons. The number of aliphatic hydroxyl groups is 2. The highest BCUT2D eigenvalue weighted by molar-refractivity contribution is 4.16. The molecule has 0 heterocycles. The summed E-state index contributed by atoms with van der Waals surface area (Å²) in [5, 5.41) is 25.0. The molecule has 0 spiro atoms. The van der Waals surface area contributed by atoms with Gasteiger partial charge < -0.3 is 10.2 Å². The average molecular weight is 122 g/mol. The summed E-state index contributed by atoms with van der Waals surface area (Å²) in [4.78, 5) is 9.57. The van der Waals surface area contributed by atoms with Crippen LogP contribution in [0, 0.1) is 10.1 Å². The van der Waals surface area contributed by atoms with Gasteiger partial charge >= 0.3 is 0 Å². The van der Waals surface area contributed by atoms with Gasteiger partial charge in [-0.05, 0) is 0 Å². The third-order valence-electron chi connectivity index (χ3n) is 0.557. The quantitative estimate of drug-likeness (QED) is 0.267. The maximum Gasteiger partial charge on any atom is 0.176 e. The van der Waals surface area contributed by atoms with E-state index in [9.17, 15) is 10.1 Å². The number of aliphatic hydroxyl groups excluding tert-OH is 2. The fourth-order valence-corrected chi connectivity index (χ4v) is 0.148. The first-order chi connectivity index (χ1) is 3.72. The molecule has 0 aromatic carbocycles. The highest BCUT2D eigenvalue weighted by atomic mass is 16.7. The maximum absolute atomic E-state index is 9.57. The molecule has 0 unspecified atom stereocenters. The molecule has 0 bridgehead atoms. The van der Waals surface area contributed by atoms with Gasteiger partial charge in [0.1, 0.15) is 0 Å². The van der Waals surface area contributed by atoms with E-state index in [1.54, 1.807) is 0 Å². The van der Waals surface area contributed by atoms with Crippen LogP contribution in [0.4, 0.5) is 0 Å². The first-order valence-electron chi connectivity index (χ1n) is 1.83. The minimum Gasteiger partial charge on any atom is -0.371 e. The summed E-state index contributed by atoms with van der Waals surface area (Å²) in [5.74, 6) is 0. The highest BCUT2D eigenvalue weighted by Gasteiger charge is 2.07. The van der Waals surface area contributed by atoms with Crippen molar-refractivity contribution in [3.05, 3.63) is 10.1 Å². The number of rotatable bonds is 3. The molecule has 6 nitrogen and oxygen atoms in total. The van der Waals surface area contributed by atoms with Gasteiger partial charge in [-0.2, -0.15) is 0 Å². The Bertz CT molecular complexity index is 80.1. The van der Waals surface area contributed by atoms with Gasteiger partial charge in [-0.15, -0.1) is 0 Å². The number of hydrogen-bond acceptors (Lipinski definition) is 4. The smallest absolute Gasteiger partial charge is 0.176 e. The predicted molar refractivity (Wildman–Crippen MR) is 23.0 cm³/mol. The minimum atomic E-state index is -0.889. The third kappa shape index (κ3) is 1.71. The van der Waals surface area contributed by atoms with Gasteiger partial charge in [0.15, 0.2) is 18.5 Å². The van der Waals surface area contributed by atoms with Gasteiger partial charge in [0.25, 0.3) is 0 Å². The molecule has 0 radical (unpaired) electrons. The first-order valence-corrected chi connectivity index (χ1v) is 1.83. The van der Waals surface area contributed by atoms with E-state index in [-0.39, 0.29) is 5.01 Å². The molecule has 2 N–H and O–H groups in total. The normalized spacial score (nSPS) is 8.75. The zero-order valence-electron chi connectivity index (χ0n) is 4.02. The Morgan fingerprint density at radius 3 is 1.88 bits per heavy atom. The second-order valence-electron chi connectivity index (χ2n) is 1.03. The molecule has 8 heavy (non-hydrogen) atoms. The maximum atomic E-state index is 9.57. The van der Waals surface area contributed by atoms with E-state index < -0.39 is 18.5 Å². The lowest BCUT2D eigenvalue weighted by molar-refractivity contribution is -0.671. The SMILES string of the molecule is O=[N+]([O-])N(CO)CO. The summed E-state index contributed by atoms with van der Waals surface area (Å²) in [7, 11) is 0. The fraction of sp³-hybridized carbons (Fsp3) is 1.00. The van der Waals surface area contributed by atoms with Crippen LogP contribution in [0.2, 0.25) is 0 Å². The fourth-order valence-electron chi connectivity index (χ4n) is 0.148. The van der Waals surface area contributed by atoms with Gasteiger partial charge in [-0.25, -0.2) is 10.1 Å². The molecule has 0 saturated carbocycles. The minimum absolute atomic E-state index is 0.250.